The summed E-state index contributed by atoms with van der Waals surface area (Å²) < 4.78 is 55.2. The predicted molar refractivity (Wildman–Crippen MR) is 92.5 cm³/mol. The Morgan fingerprint density at radius 2 is 1.72 bits per heavy atom. The first-order valence-corrected chi connectivity index (χ1v) is 9.40. The van der Waals surface area contributed by atoms with Crippen molar-refractivity contribution in [1.29, 1.82) is 0 Å². The van der Waals surface area contributed by atoms with Crippen molar-refractivity contribution in [2.75, 3.05) is 5.32 Å². The standard InChI is InChI=1S/C16H14BrF2NO4S/c1-10(24-12-8-6-11(17)7-9-12)15(21)20-13-4-2-3-5-14(13)25(22,23)16(18)19/h2-10,16H,1H3,(H,20,21). The Balaban J connectivity index is 2.16. The maximum atomic E-state index is 12.8. The number of carbonyl (C=O) groups is 1. The maximum Gasteiger partial charge on any atom is 0.341 e. The molecule has 0 aliphatic heterocycles. The van der Waals surface area contributed by atoms with Crippen LogP contribution in [0.1, 0.15) is 6.92 Å². The highest BCUT2D eigenvalue weighted by molar-refractivity contribution is 9.10. The Labute approximate surface area is 152 Å². The number of rotatable bonds is 6. The van der Waals surface area contributed by atoms with Gasteiger partial charge in [0.25, 0.3) is 5.91 Å². The first-order valence-electron chi connectivity index (χ1n) is 7.06. The van der Waals surface area contributed by atoms with Crippen LogP contribution in [-0.2, 0) is 14.6 Å². The highest BCUT2D eigenvalue weighted by atomic mass is 79.9. The summed E-state index contributed by atoms with van der Waals surface area (Å²) in [5, 5.41) is 2.32. The summed E-state index contributed by atoms with van der Waals surface area (Å²) in [7, 11) is -4.84. The van der Waals surface area contributed by atoms with E-state index in [0.717, 1.165) is 10.5 Å². The molecule has 9 heteroatoms. The first kappa shape index (κ1) is 19.3. The van der Waals surface area contributed by atoms with Crippen molar-refractivity contribution >= 4 is 37.4 Å². The van der Waals surface area contributed by atoms with Gasteiger partial charge in [-0.1, -0.05) is 28.1 Å². The number of ether oxygens (including phenoxy) is 1. The molecule has 0 bridgehead atoms. The van der Waals surface area contributed by atoms with E-state index in [0.29, 0.717) is 5.75 Å². The number of hydrogen-bond acceptors (Lipinski definition) is 4. The lowest BCUT2D eigenvalue weighted by Gasteiger charge is -2.16. The molecule has 1 unspecified atom stereocenters. The monoisotopic (exact) mass is 433 g/mol. The van der Waals surface area contributed by atoms with Gasteiger partial charge in [0.2, 0.25) is 9.84 Å². The number of benzene rings is 2. The molecule has 5 nitrogen and oxygen atoms in total. The minimum Gasteiger partial charge on any atom is -0.481 e. The van der Waals surface area contributed by atoms with Crippen LogP contribution in [0.4, 0.5) is 14.5 Å². The second kappa shape index (κ2) is 7.92. The average Bonchev–Trinajstić information content (AvgIpc) is 2.57. The molecule has 1 atom stereocenters. The number of carbonyl (C=O) groups excluding carboxylic acids is 1. The molecule has 134 valence electrons. The Hall–Kier alpha value is -2.00. The van der Waals surface area contributed by atoms with Gasteiger partial charge in [0.05, 0.1) is 10.6 Å². The lowest BCUT2D eigenvalue weighted by atomic mass is 10.3. The van der Waals surface area contributed by atoms with Gasteiger partial charge in [-0.05, 0) is 43.3 Å². The molecule has 0 aliphatic rings. The molecule has 0 saturated heterocycles. The van der Waals surface area contributed by atoms with Gasteiger partial charge < -0.3 is 10.1 Å². The number of sulfone groups is 1. The van der Waals surface area contributed by atoms with Crippen LogP contribution in [0.15, 0.2) is 57.9 Å². The number of nitrogens with one attached hydrogen (secondary N) is 1. The molecule has 0 fully saturated rings. The number of alkyl halides is 2. The zero-order valence-corrected chi connectivity index (χ0v) is 15.4. The fraction of sp³-hybridized carbons (Fsp3) is 0.188. The highest BCUT2D eigenvalue weighted by Crippen LogP contribution is 2.26. The molecule has 0 aromatic heterocycles. The van der Waals surface area contributed by atoms with E-state index in [1.165, 1.54) is 25.1 Å². The van der Waals surface area contributed by atoms with Gasteiger partial charge in [-0.15, -0.1) is 0 Å². The van der Waals surface area contributed by atoms with Gasteiger partial charge in [0.15, 0.2) is 6.10 Å². The first-order chi connectivity index (χ1) is 11.7. The van der Waals surface area contributed by atoms with Crippen molar-refractivity contribution < 1.29 is 26.7 Å². The summed E-state index contributed by atoms with van der Waals surface area (Å²) in [6, 6.07) is 11.7. The van der Waals surface area contributed by atoms with Crippen LogP contribution in [0.2, 0.25) is 0 Å². The Kier molecular flexibility index (Phi) is 6.12. The van der Waals surface area contributed by atoms with E-state index in [2.05, 4.69) is 21.2 Å². The van der Waals surface area contributed by atoms with Crippen LogP contribution in [0.25, 0.3) is 0 Å². The highest BCUT2D eigenvalue weighted by Gasteiger charge is 2.30. The van der Waals surface area contributed by atoms with Crippen molar-refractivity contribution in [3.63, 3.8) is 0 Å². The molecule has 1 N–H and O–H groups in total. The third-order valence-electron chi connectivity index (χ3n) is 3.18. The number of halogens is 3. The van der Waals surface area contributed by atoms with Crippen molar-refractivity contribution in [2.24, 2.45) is 0 Å². The molecule has 0 saturated carbocycles. The van der Waals surface area contributed by atoms with E-state index in [-0.39, 0.29) is 5.69 Å². The molecule has 2 aromatic carbocycles. The zero-order chi connectivity index (χ0) is 18.6. The topological polar surface area (TPSA) is 72.5 Å². The lowest BCUT2D eigenvalue weighted by molar-refractivity contribution is -0.122. The lowest BCUT2D eigenvalue weighted by Crippen LogP contribution is -2.31. The number of amides is 1. The molecule has 0 heterocycles. The van der Waals surface area contributed by atoms with Gasteiger partial charge >= 0.3 is 5.76 Å². The van der Waals surface area contributed by atoms with E-state index in [1.54, 1.807) is 24.3 Å². The van der Waals surface area contributed by atoms with E-state index >= 15 is 0 Å². The fourth-order valence-electron chi connectivity index (χ4n) is 1.92. The molecule has 25 heavy (non-hydrogen) atoms. The molecule has 0 spiro atoms. The van der Waals surface area contributed by atoms with Gasteiger partial charge in [0, 0.05) is 4.47 Å². The minimum atomic E-state index is -4.84. The number of para-hydroxylation sites is 1. The van der Waals surface area contributed by atoms with E-state index in [9.17, 15) is 22.0 Å². The largest absolute Gasteiger partial charge is 0.481 e. The van der Waals surface area contributed by atoms with Crippen molar-refractivity contribution in [1.82, 2.24) is 0 Å². The third-order valence-corrected chi connectivity index (χ3v) is 5.15. The molecular formula is C16H14BrF2NO4S. The van der Waals surface area contributed by atoms with Crippen LogP contribution in [0.3, 0.4) is 0 Å². The van der Waals surface area contributed by atoms with Gasteiger partial charge in [0.1, 0.15) is 5.75 Å². The van der Waals surface area contributed by atoms with E-state index in [1.807, 2.05) is 0 Å². The van der Waals surface area contributed by atoms with Crippen molar-refractivity contribution in [3.8, 4) is 5.75 Å². The second-order valence-corrected chi connectivity index (χ2v) is 7.81. The Bertz CT molecular complexity index is 857. The van der Waals surface area contributed by atoms with Gasteiger partial charge in [-0.25, -0.2) is 8.42 Å². The Morgan fingerprint density at radius 3 is 2.32 bits per heavy atom. The van der Waals surface area contributed by atoms with Crippen LogP contribution in [0, 0.1) is 0 Å². The van der Waals surface area contributed by atoms with Crippen molar-refractivity contribution in [3.05, 3.63) is 53.0 Å². The molecule has 0 aliphatic carbocycles. The molecule has 2 aromatic rings. The summed E-state index contributed by atoms with van der Waals surface area (Å²) in [6.45, 7) is 1.46. The Morgan fingerprint density at radius 1 is 1.12 bits per heavy atom. The van der Waals surface area contributed by atoms with Gasteiger partial charge in [-0.2, -0.15) is 8.78 Å². The SMILES string of the molecule is CC(Oc1ccc(Br)cc1)C(=O)Nc1ccccc1S(=O)(=O)C(F)F. The molecule has 0 radical (unpaired) electrons. The zero-order valence-electron chi connectivity index (χ0n) is 12.9. The third kappa shape index (κ3) is 4.76. The van der Waals surface area contributed by atoms with Gasteiger partial charge in [-0.3, -0.25) is 4.79 Å². The number of hydrogen-bond donors (Lipinski definition) is 1. The van der Waals surface area contributed by atoms with Crippen molar-refractivity contribution in [2.45, 2.75) is 23.7 Å². The smallest absolute Gasteiger partial charge is 0.341 e. The van der Waals surface area contributed by atoms with Crippen LogP contribution < -0.4 is 10.1 Å². The fourth-order valence-corrected chi connectivity index (χ4v) is 3.07. The number of anilines is 1. The second-order valence-electron chi connectivity index (χ2n) is 5.01. The normalized spacial score (nSPS) is 12.7. The molecular weight excluding hydrogens is 420 g/mol. The molecule has 2 rings (SSSR count). The summed E-state index contributed by atoms with van der Waals surface area (Å²) in [4.78, 5) is 11.6. The predicted octanol–water partition coefficient (Wildman–Crippen LogP) is 3.85. The quantitative estimate of drug-likeness (QED) is 0.750. The van der Waals surface area contributed by atoms with Crippen LogP contribution in [0.5, 0.6) is 5.75 Å². The summed E-state index contributed by atoms with van der Waals surface area (Å²) in [5.74, 6) is -3.82. The summed E-state index contributed by atoms with van der Waals surface area (Å²) >= 11 is 3.27. The molecule has 1 amide bonds. The maximum absolute atomic E-state index is 12.8. The van der Waals surface area contributed by atoms with Crippen LogP contribution in [-0.4, -0.2) is 26.2 Å². The van der Waals surface area contributed by atoms with E-state index < -0.39 is 32.5 Å². The minimum absolute atomic E-state index is 0.223. The van der Waals surface area contributed by atoms with Crippen LogP contribution >= 0.6 is 15.9 Å². The summed E-state index contributed by atoms with van der Waals surface area (Å²) in [5.41, 5.74) is -0.223. The average molecular weight is 434 g/mol. The van der Waals surface area contributed by atoms with E-state index in [4.69, 9.17) is 4.74 Å². The summed E-state index contributed by atoms with van der Waals surface area (Å²) in [6.07, 6.45) is -0.969.